The van der Waals surface area contributed by atoms with Gasteiger partial charge in [-0.2, -0.15) is 10.1 Å². The smallest absolute Gasteiger partial charge is 0.257 e. The highest BCUT2D eigenvalue weighted by Gasteiger charge is 2.42. The molecule has 2 fully saturated rings. The molecule has 1 aliphatic heterocycles. The van der Waals surface area contributed by atoms with Gasteiger partial charge in [0.1, 0.15) is 11.9 Å². The van der Waals surface area contributed by atoms with Crippen LogP contribution in [0.1, 0.15) is 61.4 Å². The summed E-state index contributed by atoms with van der Waals surface area (Å²) in [6, 6.07) is 1.57. The Bertz CT molecular complexity index is 1020. The molecule has 10 heteroatoms. The number of halogens is 2. The summed E-state index contributed by atoms with van der Waals surface area (Å²) in [5.41, 5.74) is 1.84. The van der Waals surface area contributed by atoms with Crippen LogP contribution in [0.4, 0.5) is 26.4 Å². The number of anilines is 3. The molecule has 5 rings (SSSR count). The summed E-state index contributed by atoms with van der Waals surface area (Å²) >= 11 is 0. The molecule has 1 amide bonds. The topological polar surface area (TPSA) is 90.0 Å². The van der Waals surface area contributed by atoms with Crippen LogP contribution in [0, 0.1) is 0 Å². The summed E-state index contributed by atoms with van der Waals surface area (Å²) in [7, 11) is 3.44. The fraction of sp³-hybridized carbons (Fsp3) is 0.636. The fourth-order valence-electron chi connectivity index (χ4n) is 5.18. The summed E-state index contributed by atoms with van der Waals surface area (Å²) < 4.78 is 28.6. The average molecular weight is 446 g/mol. The minimum atomic E-state index is -2.85. The summed E-state index contributed by atoms with van der Waals surface area (Å²) in [6.07, 6.45) is 5.41. The number of hydrogen-bond acceptors (Lipinski definition) is 6. The lowest BCUT2D eigenvalue weighted by Gasteiger charge is -2.27. The number of likely N-dealkylation sites (N-methyl/N-ethyl adjacent to an activating group) is 1. The van der Waals surface area contributed by atoms with Crippen molar-refractivity contribution < 1.29 is 13.6 Å². The highest BCUT2D eigenvalue weighted by molar-refractivity contribution is 5.85. The molecule has 0 unspecified atom stereocenters. The molecule has 172 valence electrons. The summed E-state index contributed by atoms with van der Waals surface area (Å²) in [4.78, 5) is 25.2. The highest BCUT2D eigenvalue weighted by atomic mass is 19.3. The standard InChI is InChI=1S/C22H29F2N7O/c1-30(2)20(32)17-8-5-9-31(17)21-25-16-12-22(23,24)11-14(16)19(27-21)26-18-10-15(28-29-18)13-6-3-4-7-13/h10,13,17H,3-9,11-12H2,1-2H3,(H2,25,26,27,28,29)/t17-/m1/s1. The van der Waals surface area contributed by atoms with Gasteiger partial charge in [-0.25, -0.2) is 13.8 Å². The van der Waals surface area contributed by atoms with Crippen LogP contribution < -0.4 is 10.2 Å². The number of carbonyl (C=O) groups excluding carboxylic acids is 1. The van der Waals surface area contributed by atoms with Crippen LogP contribution in [0.3, 0.4) is 0 Å². The Morgan fingerprint density at radius 3 is 2.72 bits per heavy atom. The van der Waals surface area contributed by atoms with E-state index >= 15 is 0 Å². The first kappa shape index (κ1) is 21.1. The summed E-state index contributed by atoms with van der Waals surface area (Å²) in [6.45, 7) is 0.618. The first-order chi connectivity index (χ1) is 15.3. The number of fused-ring (bicyclic) bond motifs is 1. The zero-order valence-corrected chi connectivity index (χ0v) is 18.5. The van der Waals surface area contributed by atoms with Crippen molar-refractivity contribution in [2.75, 3.05) is 30.9 Å². The molecular weight excluding hydrogens is 416 g/mol. The van der Waals surface area contributed by atoms with Crippen LogP contribution in [0.15, 0.2) is 6.07 Å². The van der Waals surface area contributed by atoms with Crippen LogP contribution in [-0.4, -0.2) is 63.6 Å². The Morgan fingerprint density at radius 2 is 1.97 bits per heavy atom. The Kier molecular flexibility index (Phi) is 5.25. The number of aromatic nitrogens is 4. The maximum absolute atomic E-state index is 14.3. The molecule has 0 radical (unpaired) electrons. The number of nitrogens with zero attached hydrogens (tertiary/aromatic N) is 5. The van der Waals surface area contributed by atoms with E-state index in [1.165, 1.54) is 12.8 Å². The molecule has 1 atom stereocenters. The molecule has 1 saturated heterocycles. The lowest BCUT2D eigenvalue weighted by Crippen LogP contribution is -2.43. The average Bonchev–Trinajstić information content (AvgIpc) is 3.52. The molecule has 2 aromatic rings. The maximum atomic E-state index is 14.3. The second kappa shape index (κ2) is 7.97. The molecule has 2 aliphatic carbocycles. The van der Waals surface area contributed by atoms with E-state index in [1.54, 1.807) is 19.0 Å². The van der Waals surface area contributed by atoms with Crippen LogP contribution in [0.5, 0.6) is 0 Å². The molecule has 2 aromatic heterocycles. The molecule has 0 spiro atoms. The number of carbonyl (C=O) groups is 1. The van der Waals surface area contributed by atoms with E-state index in [1.807, 2.05) is 11.0 Å². The third kappa shape index (κ3) is 3.91. The van der Waals surface area contributed by atoms with Crippen molar-refractivity contribution in [2.45, 2.75) is 69.2 Å². The Morgan fingerprint density at radius 1 is 1.19 bits per heavy atom. The van der Waals surface area contributed by atoms with Crippen LogP contribution in [0.25, 0.3) is 0 Å². The number of nitrogens with one attached hydrogen (secondary N) is 2. The van der Waals surface area contributed by atoms with Crippen molar-refractivity contribution in [3.05, 3.63) is 23.0 Å². The largest absolute Gasteiger partial charge is 0.347 e. The van der Waals surface area contributed by atoms with Gasteiger partial charge in [-0.15, -0.1) is 0 Å². The van der Waals surface area contributed by atoms with E-state index in [0.29, 0.717) is 47.7 Å². The third-order valence-corrected chi connectivity index (χ3v) is 6.82. The van der Waals surface area contributed by atoms with Gasteiger partial charge in [0.2, 0.25) is 11.9 Å². The Balaban J connectivity index is 1.47. The predicted molar refractivity (Wildman–Crippen MR) is 117 cm³/mol. The predicted octanol–water partition coefficient (Wildman–Crippen LogP) is 3.39. The number of hydrogen-bond donors (Lipinski definition) is 2. The van der Waals surface area contributed by atoms with Crippen molar-refractivity contribution in [1.29, 1.82) is 0 Å². The van der Waals surface area contributed by atoms with Gasteiger partial charge in [0.25, 0.3) is 5.92 Å². The quantitative estimate of drug-likeness (QED) is 0.733. The number of aromatic amines is 1. The molecule has 32 heavy (non-hydrogen) atoms. The van der Waals surface area contributed by atoms with E-state index in [2.05, 4.69) is 25.5 Å². The zero-order valence-electron chi connectivity index (χ0n) is 18.5. The highest BCUT2D eigenvalue weighted by Crippen LogP contribution is 2.40. The van der Waals surface area contributed by atoms with Gasteiger partial charge in [0, 0.05) is 50.3 Å². The molecular formula is C22H29F2N7O. The van der Waals surface area contributed by atoms with Crippen molar-refractivity contribution >= 4 is 23.5 Å². The minimum Gasteiger partial charge on any atom is -0.347 e. The van der Waals surface area contributed by atoms with E-state index in [0.717, 1.165) is 25.0 Å². The first-order valence-corrected chi connectivity index (χ1v) is 11.4. The second-order valence-corrected chi connectivity index (χ2v) is 9.41. The number of H-pyrrole nitrogens is 1. The van der Waals surface area contributed by atoms with Crippen molar-refractivity contribution in [2.24, 2.45) is 0 Å². The SMILES string of the molecule is CN(C)C(=O)[C@H]1CCCN1c1nc2c(c(Nc3cc(C4CCCC4)[nH]n3)n1)CC(F)(F)C2. The van der Waals surface area contributed by atoms with Crippen LogP contribution >= 0.6 is 0 Å². The van der Waals surface area contributed by atoms with E-state index in [9.17, 15) is 13.6 Å². The van der Waals surface area contributed by atoms with Gasteiger partial charge >= 0.3 is 0 Å². The molecule has 8 nitrogen and oxygen atoms in total. The minimum absolute atomic E-state index is 0.0278. The molecule has 3 heterocycles. The van der Waals surface area contributed by atoms with E-state index in [-0.39, 0.29) is 11.9 Å². The molecule has 3 aliphatic rings. The van der Waals surface area contributed by atoms with E-state index < -0.39 is 18.8 Å². The van der Waals surface area contributed by atoms with Gasteiger partial charge in [-0.3, -0.25) is 9.89 Å². The zero-order chi connectivity index (χ0) is 22.5. The lowest BCUT2D eigenvalue weighted by atomic mass is 10.0. The molecule has 0 aromatic carbocycles. The van der Waals surface area contributed by atoms with Gasteiger partial charge < -0.3 is 15.1 Å². The monoisotopic (exact) mass is 445 g/mol. The Labute approximate surface area is 185 Å². The van der Waals surface area contributed by atoms with Gasteiger partial charge in [0.05, 0.1) is 12.1 Å². The van der Waals surface area contributed by atoms with Gasteiger partial charge in [-0.05, 0) is 25.7 Å². The van der Waals surface area contributed by atoms with Gasteiger partial charge in [-0.1, -0.05) is 12.8 Å². The maximum Gasteiger partial charge on any atom is 0.257 e. The number of alkyl halides is 2. The Hall–Kier alpha value is -2.78. The van der Waals surface area contributed by atoms with E-state index in [4.69, 9.17) is 0 Å². The third-order valence-electron chi connectivity index (χ3n) is 6.82. The fourth-order valence-corrected chi connectivity index (χ4v) is 5.18. The molecule has 2 N–H and O–H groups in total. The molecule has 0 bridgehead atoms. The van der Waals surface area contributed by atoms with Gasteiger partial charge in [0.15, 0.2) is 5.82 Å². The van der Waals surface area contributed by atoms with Crippen LogP contribution in [-0.2, 0) is 17.6 Å². The van der Waals surface area contributed by atoms with Crippen molar-refractivity contribution in [3.63, 3.8) is 0 Å². The van der Waals surface area contributed by atoms with Crippen molar-refractivity contribution in [1.82, 2.24) is 25.1 Å². The second-order valence-electron chi connectivity index (χ2n) is 9.41. The number of amides is 1. The summed E-state index contributed by atoms with van der Waals surface area (Å²) in [5.74, 6) is -1.16. The normalized spacial score (nSPS) is 22.4. The summed E-state index contributed by atoms with van der Waals surface area (Å²) in [5, 5.41) is 10.6. The molecule has 1 saturated carbocycles. The van der Waals surface area contributed by atoms with Crippen LogP contribution in [0.2, 0.25) is 0 Å². The van der Waals surface area contributed by atoms with Crippen molar-refractivity contribution in [3.8, 4) is 0 Å². The number of rotatable bonds is 5. The first-order valence-electron chi connectivity index (χ1n) is 11.4. The lowest BCUT2D eigenvalue weighted by molar-refractivity contribution is -0.129.